The average Bonchev–Trinajstić information content (AvgIpc) is 2.67. The molecule has 0 fully saturated rings. The molecule has 4 nitrogen and oxygen atoms in total. The minimum Gasteiger partial charge on any atom is -0.508 e. The monoisotopic (exact) mass is 287 g/mol. The van der Waals surface area contributed by atoms with Gasteiger partial charge >= 0.3 is 0 Å². The zero-order chi connectivity index (χ0) is 14.4. The van der Waals surface area contributed by atoms with Crippen molar-refractivity contribution in [1.29, 1.82) is 0 Å². The van der Waals surface area contributed by atoms with Crippen LogP contribution in [-0.4, -0.2) is 10.1 Å². The van der Waals surface area contributed by atoms with Crippen LogP contribution >= 0.6 is 11.3 Å². The third kappa shape index (κ3) is 1.91. The molecule has 20 heavy (non-hydrogen) atoms. The van der Waals surface area contributed by atoms with Crippen molar-refractivity contribution in [3.8, 4) is 16.2 Å². The highest BCUT2D eigenvalue weighted by Crippen LogP contribution is 2.30. The van der Waals surface area contributed by atoms with E-state index in [0.717, 1.165) is 15.6 Å². The number of aromatic nitrogens is 1. The molecular formula is C15H13NO3S. The summed E-state index contributed by atoms with van der Waals surface area (Å²) in [4.78, 5) is 17.8. The van der Waals surface area contributed by atoms with Crippen LogP contribution in [0.4, 0.5) is 0 Å². The first-order valence-electron chi connectivity index (χ1n) is 6.17. The van der Waals surface area contributed by atoms with Gasteiger partial charge in [-0.1, -0.05) is 0 Å². The molecule has 0 aliphatic carbocycles. The summed E-state index contributed by atoms with van der Waals surface area (Å²) in [6.07, 6.45) is 1.45. The summed E-state index contributed by atoms with van der Waals surface area (Å²) in [5.74, 6) is 0.0933. The molecule has 5 heteroatoms. The van der Waals surface area contributed by atoms with Crippen molar-refractivity contribution in [3.63, 3.8) is 0 Å². The van der Waals surface area contributed by atoms with E-state index in [-0.39, 0.29) is 11.2 Å². The summed E-state index contributed by atoms with van der Waals surface area (Å²) in [6.45, 7) is 5.58. The Hall–Kier alpha value is -2.14. The molecule has 1 aromatic carbocycles. The summed E-state index contributed by atoms with van der Waals surface area (Å²) in [6, 6.07) is 3.02. The van der Waals surface area contributed by atoms with Gasteiger partial charge in [0.25, 0.3) is 0 Å². The molecule has 0 unspecified atom stereocenters. The Morgan fingerprint density at radius 2 is 2.00 bits per heavy atom. The number of benzene rings is 1. The second-order valence-electron chi connectivity index (χ2n) is 4.76. The van der Waals surface area contributed by atoms with Crippen LogP contribution in [0.15, 0.2) is 27.6 Å². The van der Waals surface area contributed by atoms with Crippen LogP contribution in [0.2, 0.25) is 0 Å². The lowest BCUT2D eigenvalue weighted by Gasteiger charge is -2.04. The summed E-state index contributed by atoms with van der Waals surface area (Å²) in [7, 11) is 0. The fourth-order valence-electron chi connectivity index (χ4n) is 2.37. The molecule has 0 atom stereocenters. The van der Waals surface area contributed by atoms with Gasteiger partial charge in [0.1, 0.15) is 17.6 Å². The topological polar surface area (TPSA) is 63.3 Å². The molecule has 102 valence electrons. The lowest BCUT2D eigenvalue weighted by Crippen LogP contribution is -2.06. The molecule has 0 saturated heterocycles. The minimum absolute atomic E-state index is 0.0875. The summed E-state index contributed by atoms with van der Waals surface area (Å²) in [5, 5.41) is 11.0. The second kappa shape index (κ2) is 4.45. The fraction of sp³-hybridized carbons (Fsp3) is 0.200. The first kappa shape index (κ1) is 12.9. The molecule has 2 aromatic heterocycles. The molecular weight excluding hydrogens is 274 g/mol. The fourth-order valence-corrected chi connectivity index (χ4v) is 3.29. The molecule has 2 heterocycles. The van der Waals surface area contributed by atoms with Gasteiger partial charge in [0.2, 0.25) is 5.43 Å². The maximum atomic E-state index is 12.7. The second-order valence-corrected chi connectivity index (χ2v) is 5.96. The maximum Gasteiger partial charge on any atom is 0.201 e. The van der Waals surface area contributed by atoms with Gasteiger partial charge in [0.15, 0.2) is 0 Å². The largest absolute Gasteiger partial charge is 0.508 e. The van der Waals surface area contributed by atoms with Crippen molar-refractivity contribution in [1.82, 2.24) is 4.98 Å². The van der Waals surface area contributed by atoms with Crippen molar-refractivity contribution < 1.29 is 9.52 Å². The zero-order valence-electron chi connectivity index (χ0n) is 11.4. The predicted octanol–water partition coefficient (Wildman–Crippen LogP) is 3.55. The molecule has 0 aliphatic heterocycles. The van der Waals surface area contributed by atoms with Crippen molar-refractivity contribution in [3.05, 3.63) is 44.9 Å². The van der Waals surface area contributed by atoms with Crippen LogP contribution in [-0.2, 0) is 0 Å². The Kier molecular flexibility index (Phi) is 2.87. The molecule has 0 bridgehead atoms. The highest BCUT2D eigenvalue weighted by molar-refractivity contribution is 7.15. The Balaban J connectivity index is 2.37. The molecule has 3 rings (SSSR count). The van der Waals surface area contributed by atoms with Gasteiger partial charge in [-0.2, -0.15) is 0 Å². The minimum atomic E-state index is -0.0875. The molecule has 0 saturated carbocycles. The van der Waals surface area contributed by atoms with E-state index in [9.17, 15) is 9.90 Å². The van der Waals surface area contributed by atoms with Gasteiger partial charge in [-0.15, -0.1) is 11.3 Å². The Morgan fingerprint density at radius 1 is 1.25 bits per heavy atom. The Bertz CT molecular complexity index is 877. The number of hydrogen-bond acceptors (Lipinski definition) is 5. The zero-order valence-corrected chi connectivity index (χ0v) is 12.2. The number of phenols is 1. The maximum absolute atomic E-state index is 12.7. The molecule has 0 radical (unpaired) electrons. The van der Waals surface area contributed by atoms with Gasteiger partial charge < -0.3 is 9.52 Å². The van der Waals surface area contributed by atoms with Crippen LogP contribution in [0.25, 0.3) is 21.4 Å². The highest BCUT2D eigenvalue weighted by Gasteiger charge is 2.16. The molecule has 0 spiro atoms. The van der Waals surface area contributed by atoms with Gasteiger partial charge in [-0.3, -0.25) is 4.79 Å². The third-order valence-electron chi connectivity index (χ3n) is 3.21. The standard InChI is InChI=1S/C15H13NO3S/c1-7-4-10(17)5-12-13(7)14(18)11(6-19-12)15-8(2)16-9(3)20-15/h4-6,17H,1-3H3. The number of rotatable bonds is 1. The van der Waals surface area contributed by atoms with E-state index in [4.69, 9.17) is 4.42 Å². The van der Waals surface area contributed by atoms with Gasteiger partial charge in [-0.25, -0.2) is 4.98 Å². The van der Waals surface area contributed by atoms with Crippen LogP contribution in [0, 0.1) is 20.8 Å². The van der Waals surface area contributed by atoms with Crippen LogP contribution < -0.4 is 5.43 Å². The van der Waals surface area contributed by atoms with Crippen LogP contribution in [0.5, 0.6) is 5.75 Å². The summed E-state index contributed by atoms with van der Waals surface area (Å²) < 4.78 is 5.52. The van der Waals surface area contributed by atoms with Gasteiger partial charge in [0.05, 0.1) is 26.5 Å². The number of nitrogens with zero attached hydrogens (tertiary/aromatic N) is 1. The number of thiazole rings is 1. The molecule has 3 aromatic rings. The number of hydrogen-bond donors (Lipinski definition) is 1. The van der Waals surface area contributed by atoms with Crippen LogP contribution in [0.1, 0.15) is 16.3 Å². The summed E-state index contributed by atoms with van der Waals surface area (Å²) in [5.41, 5.74) is 2.37. The smallest absolute Gasteiger partial charge is 0.201 e. The van der Waals surface area contributed by atoms with E-state index in [2.05, 4.69) is 4.98 Å². The SMILES string of the molecule is Cc1nc(C)c(-c2coc3cc(O)cc(C)c3c2=O)s1. The van der Waals surface area contributed by atoms with Gasteiger partial charge in [-0.05, 0) is 32.4 Å². The van der Waals surface area contributed by atoms with Crippen LogP contribution in [0.3, 0.4) is 0 Å². The quantitative estimate of drug-likeness (QED) is 0.743. The van der Waals surface area contributed by atoms with Gasteiger partial charge in [0, 0.05) is 6.07 Å². The van der Waals surface area contributed by atoms with Crippen molar-refractivity contribution in [2.45, 2.75) is 20.8 Å². The van der Waals surface area contributed by atoms with E-state index in [1.54, 1.807) is 13.0 Å². The number of fused-ring (bicyclic) bond motifs is 1. The third-order valence-corrected chi connectivity index (χ3v) is 4.31. The average molecular weight is 287 g/mol. The van der Waals surface area contributed by atoms with Crippen molar-refractivity contribution >= 4 is 22.3 Å². The van der Waals surface area contributed by atoms with E-state index in [0.29, 0.717) is 22.1 Å². The highest BCUT2D eigenvalue weighted by atomic mass is 32.1. The first-order valence-corrected chi connectivity index (χ1v) is 6.98. The Morgan fingerprint density at radius 3 is 2.65 bits per heavy atom. The lowest BCUT2D eigenvalue weighted by atomic mass is 10.1. The summed E-state index contributed by atoms with van der Waals surface area (Å²) >= 11 is 1.48. The van der Waals surface area contributed by atoms with E-state index in [1.807, 2.05) is 13.8 Å². The Labute approximate surface area is 119 Å². The number of aryl methyl sites for hydroxylation is 3. The van der Waals surface area contributed by atoms with Crippen molar-refractivity contribution in [2.75, 3.05) is 0 Å². The van der Waals surface area contributed by atoms with Crippen molar-refractivity contribution in [2.24, 2.45) is 0 Å². The van der Waals surface area contributed by atoms with E-state index >= 15 is 0 Å². The molecule has 1 N–H and O–H groups in total. The lowest BCUT2D eigenvalue weighted by molar-refractivity contribution is 0.473. The predicted molar refractivity (Wildman–Crippen MR) is 79.5 cm³/mol. The van der Waals surface area contributed by atoms with E-state index in [1.165, 1.54) is 23.7 Å². The first-order chi connectivity index (χ1) is 9.47. The normalized spacial score (nSPS) is 11.2. The number of aromatic hydroxyl groups is 1. The molecule has 0 aliphatic rings. The molecule has 0 amide bonds. The van der Waals surface area contributed by atoms with E-state index < -0.39 is 0 Å². The number of phenolic OH excluding ortho intramolecular Hbond substituents is 1.